The number of rotatable bonds is 4. The molecule has 0 aliphatic carbocycles. The van der Waals surface area contributed by atoms with Crippen LogP contribution in [0, 0.1) is 17.0 Å². The van der Waals surface area contributed by atoms with Crippen LogP contribution in [0.25, 0.3) is 11.4 Å². The minimum Gasteiger partial charge on any atom is -0.337 e. The minimum absolute atomic E-state index is 0.0424. The summed E-state index contributed by atoms with van der Waals surface area (Å²) >= 11 is 6.14. The van der Waals surface area contributed by atoms with Crippen molar-refractivity contribution < 1.29 is 14.2 Å². The van der Waals surface area contributed by atoms with Gasteiger partial charge in [-0.2, -0.15) is 4.98 Å². The molecule has 9 heteroatoms. The number of hydrogen-bond donors (Lipinski definition) is 0. The van der Waals surface area contributed by atoms with Crippen LogP contribution in [0.5, 0.6) is 0 Å². The van der Waals surface area contributed by atoms with Gasteiger partial charge in [-0.3, -0.25) is 14.9 Å². The van der Waals surface area contributed by atoms with Crippen LogP contribution in [0.4, 0.5) is 5.69 Å². The molecule has 0 bridgehead atoms. The van der Waals surface area contributed by atoms with Gasteiger partial charge in [0.1, 0.15) is 6.04 Å². The van der Waals surface area contributed by atoms with E-state index >= 15 is 0 Å². The van der Waals surface area contributed by atoms with E-state index in [0.717, 1.165) is 17.5 Å². The van der Waals surface area contributed by atoms with Crippen molar-refractivity contribution in [2.75, 3.05) is 6.54 Å². The van der Waals surface area contributed by atoms with Crippen LogP contribution in [0.2, 0.25) is 5.02 Å². The number of likely N-dealkylation sites (tertiary alicyclic amines) is 1. The molecule has 0 radical (unpaired) electrons. The standard InChI is InChI=1S/C20H17ClN4O4/c1-12-4-2-5-13(10-12)18-22-19(29-23-18)17-6-3-9-24(17)20(26)15-8-7-14(25(27)28)11-16(15)21/h2,4-5,7-8,10-11,17H,3,6,9H2,1H3. The molecule has 1 fully saturated rings. The smallest absolute Gasteiger partial charge is 0.270 e. The Balaban J connectivity index is 1.60. The SMILES string of the molecule is Cc1cccc(-c2noc(C3CCCN3C(=O)c3ccc([N+](=O)[O-])cc3Cl)n2)c1. The van der Waals surface area contributed by atoms with E-state index < -0.39 is 4.92 Å². The molecule has 1 atom stereocenters. The molecule has 1 unspecified atom stereocenters. The number of amides is 1. The van der Waals surface area contributed by atoms with Crippen LogP contribution in [0.15, 0.2) is 47.0 Å². The summed E-state index contributed by atoms with van der Waals surface area (Å²) in [6, 6.07) is 11.2. The van der Waals surface area contributed by atoms with Crippen LogP contribution in [0.1, 0.15) is 40.7 Å². The summed E-state index contributed by atoms with van der Waals surface area (Å²) in [5.41, 5.74) is 1.97. The average molecular weight is 413 g/mol. The van der Waals surface area contributed by atoms with Gasteiger partial charge in [-0.25, -0.2) is 0 Å². The first-order valence-electron chi connectivity index (χ1n) is 9.09. The van der Waals surface area contributed by atoms with Gasteiger partial charge in [-0.05, 0) is 31.9 Å². The Morgan fingerprint density at radius 2 is 2.14 bits per heavy atom. The largest absolute Gasteiger partial charge is 0.337 e. The van der Waals surface area contributed by atoms with E-state index in [9.17, 15) is 14.9 Å². The number of benzene rings is 2. The number of nitro groups is 1. The molecule has 1 aromatic heterocycles. The molecule has 0 spiro atoms. The predicted molar refractivity (Wildman–Crippen MR) is 106 cm³/mol. The fraction of sp³-hybridized carbons (Fsp3) is 0.250. The predicted octanol–water partition coefficient (Wildman–Crippen LogP) is 4.58. The zero-order chi connectivity index (χ0) is 20.5. The number of aryl methyl sites for hydroxylation is 1. The van der Waals surface area contributed by atoms with Crippen LogP contribution in [-0.4, -0.2) is 32.4 Å². The van der Waals surface area contributed by atoms with Gasteiger partial charge in [0.25, 0.3) is 11.6 Å². The molecule has 0 N–H and O–H groups in total. The normalized spacial score (nSPS) is 16.2. The van der Waals surface area contributed by atoms with Gasteiger partial charge < -0.3 is 9.42 Å². The van der Waals surface area contributed by atoms with Gasteiger partial charge in [-0.15, -0.1) is 0 Å². The molecule has 1 aliphatic rings. The lowest BCUT2D eigenvalue weighted by atomic mass is 10.1. The Morgan fingerprint density at radius 3 is 2.86 bits per heavy atom. The van der Waals surface area contributed by atoms with E-state index in [-0.39, 0.29) is 28.2 Å². The van der Waals surface area contributed by atoms with Gasteiger partial charge in [0.15, 0.2) is 0 Å². The maximum Gasteiger partial charge on any atom is 0.270 e. The molecule has 2 aromatic carbocycles. The van der Waals surface area contributed by atoms with Gasteiger partial charge in [0, 0.05) is 24.2 Å². The zero-order valence-electron chi connectivity index (χ0n) is 15.5. The van der Waals surface area contributed by atoms with Crippen molar-refractivity contribution in [3.8, 4) is 11.4 Å². The van der Waals surface area contributed by atoms with Crippen molar-refractivity contribution in [3.05, 3.63) is 74.6 Å². The first kappa shape index (κ1) is 19.1. The third kappa shape index (κ3) is 3.71. The maximum atomic E-state index is 13.0. The lowest BCUT2D eigenvalue weighted by Crippen LogP contribution is -2.31. The van der Waals surface area contributed by atoms with Crippen molar-refractivity contribution >= 4 is 23.2 Å². The molecular formula is C20H17ClN4O4. The highest BCUT2D eigenvalue weighted by Crippen LogP contribution is 2.35. The maximum absolute atomic E-state index is 13.0. The molecule has 3 aromatic rings. The summed E-state index contributed by atoms with van der Waals surface area (Å²) in [4.78, 5) is 29.5. The van der Waals surface area contributed by atoms with E-state index in [0.29, 0.717) is 24.7 Å². The van der Waals surface area contributed by atoms with Crippen LogP contribution < -0.4 is 0 Å². The van der Waals surface area contributed by atoms with Crippen molar-refractivity contribution in [1.29, 1.82) is 0 Å². The summed E-state index contributed by atoms with van der Waals surface area (Å²) in [6.07, 6.45) is 1.47. The van der Waals surface area contributed by atoms with E-state index in [1.165, 1.54) is 18.2 Å². The van der Waals surface area contributed by atoms with Crippen molar-refractivity contribution in [1.82, 2.24) is 15.0 Å². The van der Waals surface area contributed by atoms with Crippen molar-refractivity contribution in [3.63, 3.8) is 0 Å². The molecule has 0 saturated carbocycles. The molecule has 148 valence electrons. The van der Waals surface area contributed by atoms with Crippen molar-refractivity contribution in [2.24, 2.45) is 0 Å². The number of hydrogen-bond acceptors (Lipinski definition) is 6. The molecule has 1 saturated heterocycles. The molecule has 29 heavy (non-hydrogen) atoms. The second-order valence-electron chi connectivity index (χ2n) is 6.90. The number of carbonyl (C=O) groups excluding carboxylic acids is 1. The molecule has 1 aliphatic heterocycles. The average Bonchev–Trinajstić information content (AvgIpc) is 3.36. The monoisotopic (exact) mass is 412 g/mol. The highest BCUT2D eigenvalue weighted by Gasteiger charge is 2.35. The number of nitrogens with zero attached hydrogens (tertiary/aromatic N) is 4. The third-order valence-electron chi connectivity index (χ3n) is 4.91. The fourth-order valence-corrected chi connectivity index (χ4v) is 3.74. The lowest BCUT2D eigenvalue weighted by molar-refractivity contribution is -0.384. The van der Waals surface area contributed by atoms with Gasteiger partial charge in [0.2, 0.25) is 11.7 Å². The second kappa shape index (κ2) is 7.63. The molecule has 2 heterocycles. The van der Waals surface area contributed by atoms with Crippen LogP contribution in [-0.2, 0) is 0 Å². The molecule has 8 nitrogen and oxygen atoms in total. The Bertz CT molecular complexity index is 1100. The summed E-state index contributed by atoms with van der Waals surface area (Å²) in [5, 5.41) is 15.0. The second-order valence-corrected chi connectivity index (χ2v) is 7.31. The van der Waals surface area contributed by atoms with E-state index in [1.54, 1.807) is 4.90 Å². The summed E-state index contributed by atoms with van der Waals surface area (Å²) in [7, 11) is 0. The quantitative estimate of drug-likeness (QED) is 0.459. The molecular weight excluding hydrogens is 396 g/mol. The first-order valence-corrected chi connectivity index (χ1v) is 9.47. The Labute approximate surface area is 171 Å². The third-order valence-corrected chi connectivity index (χ3v) is 5.22. The van der Waals surface area contributed by atoms with E-state index in [1.807, 2.05) is 31.2 Å². The van der Waals surface area contributed by atoms with Gasteiger partial charge in [-0.1, -0.05) is 40.5 Å². The van der Waals surface area contributed by atoms with Gasteiger partial charge in [0.05, 0.1) is 15.5 Å². The fourth-order valence-electron chi connectivity index (χ4n) is 3.48. The lowest BCUT2D eigenvalue weighted by Gasteiger charge is -2.22. The molecule has 1 amide bonds. The van der Waals surface area contributed by atoms with Crippen LogP contribution in [0.3, 0.4) is 0 Å². The number of halogens is 1. The highest BCUT2D eigenvalue weighted by atomic mass is 35.5. The topological polar surface area (TPSA) is 102 Å². The van der Waals surface area contributed by atoms with Crippen molar-refractivity contribution in [2.45, 2.75) is 25.8 Å². The Kier molecular flexibility index (Phi) is 5.02. The van der Waals surface area contributed by atoms with E-state index in [2.05, 4.69) is 10.1 Å². The number of aromatic nitrogens is 2. The first-order chi connectivity index (χ1) is 13.9. The zero-order valence-corrected chi connectivity index (χ0v) is 16.3. The summed E-state index contributed by atoms with van der Waals surface area (Å²) < 4.78 is 5.46. The summed E-state index contributed by atoms with van der Waals surface area (Å²) in [5.74, 6) is 0.518. The molecule has 4 rings (SSSR count). The number of carbonyl (C=O) groups is 1. The Hall–Kier alpha value is -3.26. The number of non-ortho nitro benzene ring substituents is 1. The Morgan fingerprint density at radius 1 is 1.31 bits per heavy atom. The number of nitro benzene ring substituents is 1. The minimum atomic E-state index is -0.552. The highest BCUT2D eigenvalue weighted by molar-refractivity contribution is 6.34. The van der Waals surface area contributed by atoms with E-state index in [4.69, 9.17) is 16.1 Å². The van der Waals surface area contributed by atoms with Gasteiger partial charge >= 0.3 is 0 Å². The van der Waals surface area contributed by atoms with Crippen LogP contribution >= 0.6 is 11.6 Å². The summed E-state index contributed by atoms with van der Waals surface area (Å²) in [6.45, 7) is 2.49.